The van der Waals surface area contributed by atoms with E-state index in [1.165, 1.54) is 0 Å². The first kappa shape index (κ1) is 10.0. The van der Waals surface area contributed by atoms with E-state index < -0.39 is 0 Å². The van der Waals surface area contributed by atoms with Gasteiger partial charge in [0.25, 0.3) is 5.91 Å². The predicted octanol–water partition coefficient (Wildman–Crippen LogP) is 1.01. The Morgan fingerprint density at radius 1 is 1.67 bits per heavy atom. The molecule has 0 bridgehead atoms. The number of nitrogens with zero attached hydrogens (tertiary/aromatic N) is 1. The van der Waals surface area contributed by atoms with Crippen LogP contribution in [0, 0.1) is 0 Å². The number of amides is 1. The van der Waals surface area contributed by atoms with E-state index in [-0.39, 0.29) is 5.91 Å². The number of anilines is 1. The minimum atomic E-state index is -0.183. The zero-order valence-electron chi connectivity index (χ0n) is 8.84. The molecule has 1 aliphatic carbocycles. The molecule has 82 valence electrons. The van der Waals surface area contributed by atoms with E-state index in [9.17, 15) is 4.79 Å². The van der Waals surface area contributed by atoms with Gasteiger partial charge in [0.1, 0.15) is 0 Å². The summed E-state index contributed by atoms with van der Waals surface area (Å²) in [4.78, 5) is 11.6. The van der Waals surface area contributed by atoms with Crippen LogP contribution in [0.25, 0.3) is 0 Å². The number of carbonyl (C=O) groups excluding carboxylic acids is 1. The maximum absolute atomic E-state index is 11.6. The lowest BCUT2D eigenvalue weighted by Gasteiger charge is -2.01. The van der Waals surface area contributed by atoms with Crippen molar-refractivity contribution < 1.29 is 4.79 Å². The van der Waals surface area contributed by atoms with Crippen molar-refractivity contribution in [2.24, 2.45) is 0 Å². The van der Waals surface area contributed by atoms with Gasteiger partial charge in [-0.25, -0.2) is 0 Å². The van der Waals surface area contributed by atoms with Crippen LogP contribution in [0.15, 0.2) is 0 Å². The number of nitrogens with one attached hydrogen (secondary N) is 2. The quantitative estimate of drug-likeness (QED) is 0.690. The molecule has 0 radical (unpaired) electrons. The third-order valence-corrected chi connectivity index (χ3v) is 2.57. The molecular formula is C10H16N4O. The molecule has 0 atom stereocenters. The number of aromatic nitrogens is 2. The van der Waals surface area contributed by atoms with Crippen LogP contribution in [0.4, 0.5) is 5.69 Å². The standard InChI is InChI=1S/C10H16N4O/c1-2-5-12-10(15)9-7(11)8(13-14-9)6-3-4-6/h6H,2-5,11H2,1H3,(H,12,15)(H,13,14). The van der Waals surface area contributed by atoms with Gasteiger partial charge in [0.2, 0.25) is 0 Å². The summed E-state index contributed by atoms with van der Waals surface area (Å²) in [6.07, 6.45) is 3.19. The molecule has 1 aromatic rings. The summed E-state index contributed by atoms with van der Waals surface area (Å²) in [5.41, 5.74) is 7.65. The fourth-order valence-electron chi connectivity index (χ4n) is 1.54. The molecule has 0 unspecified atom stereocenters. The molecule has 15 heavy (non-hydrogen) atoms. The number of hydrogen-bond donors (Lipinski definition) is 3. The zero-order chi connectivity index (χ0) is 10.8. The van der Waals surface area contributed by atoms with E-state index in [0.717, 1.165) is 25.0 Å². The van der Waals surface area contributed by atoms with E-state index in [0.29, 0.717) is 23.8 Å². The van der Waals surface area contributed by atoms with E-state index in [1.54, 1.807) is 0 Å². The Kier molecular flexibility index (Phi) is 2.62. The number of nitrogens with two attached hydrogens (primary N) is 1. The summed E-state index contributed by atoms with van der Waals surface area (Å²) in [5, 5.41) is 9.59. The van der Waals surface area contributed by atoms with Crippen LogP contribution < -0.4 is 11.1 Å². The van der Waals surface area contributed by atoms with Crippen LogP contribution in [0.1, 0.15) is 48.3 Å². The maximum Gasteiger partial charge on any atom is 0.273 e. The van der Waals surface area contributed by atoms with Gasteiger partial charge in [-0.15, -0.1) is 0 Å². The first-order valence-electron chi connectivity index (χ1n) is 5.36. The molecule has 1 fully saturated rings. The predicted molar refractivity (Wildman–Crippen MR) is 57.6 cm³/mol. The summed E-state index contributed by atoms with van der Waals surface area (Å²) in [6.45, 7) is 2.66. The van der Waals surface area contributed by atoms with Crippen LogP contribution in [-0.2, 0) is 0 Å². The van der Waals surface area contributed by atoms with Crippen molar-refractivity contribution in [1.82, 2.24) is 15.5 Å². The Bertz CT molecular complexity index is 367. The third kappa shape index (κ3) is 1.95. The van der Waals surface area contributed by atoms with Crippen molar-refractivity contribution in [1.29, 1.82) is 0 Å². The Morgan fingerprint density at radius 3 is 3.00 bits per heavy atom. The summed E-state index contributed by atoms with van der Waals surface area (Å²) in [6, 6.07) is 0. The molecule has 1 aliphatic rings. The van der Waals surface area contributed by atoms with Crippen LogP contribution in [0.5, 0.6) is 0 Å². The molecule has 1 aromatic heterocycles. The summed E-state index contributed by atoms with van der Waals surface area (Å²) in [7, 11) is 0. The van der Waals surface area contributed by atoms with E-state index in [2.05, 4.69) is 15.5 Å². The van der Waals surface area contributed by atoms with Gasteiger partial charge in [-0.05, 0) is 19.3 Å². The van der Waals surface area contributed by atoms with E-state index >= 15 is 0 Å². The summed E-state index contributed by atoms with van der Waals surface area (Å²) >= 11 is 0. The molecule has 0 spiro atoms. The first-order valence-corrected chi connectivity index (χ1v) is 5.36. The van der Waals surface area contributed by atoms with Crippen LogP contribution in [0.2, 0.25) is 0 Å². The maximum atomic E-state index is 11.6. The van der Waals surface area contributed by atoms with E-state index in [4.69, 9.17) is 5.73 Å². The van der Waals surface area contributed by atoms with Gasteiger partial charge in [0, 0.05) is 12.5 Å². The second-order valence-electron chi connectivity index (χ2n) is 3.93. The van der Waals surface area contributed by atoms with Crippen molar-refractivity contribution in [3.63, 3.8) is 0 Å². The highest BCUT2D eigenvalue weighted by atomic mass is 16.1. The van der Waals surface area contributed by atoms with Crippen molar-refractivity contribution in [2.45, 2.75) is 32.1 Å². The molecule has 1 heterocycles. The number of H-pyrrole nitrogens is 1. The molecule has 0 saturated heterocycles. The highest BCUT2D eigenvalue weighted by Crippen LogP contribution is 2.42. The summed E-state index contributed by atoms with van der Waals surface area (Å²) < 4.78 is 0. The number of aromatic amines is 1. The molecule has 5 heteroatoms. The molecule has 4 N–H and O–H groups in total. The lowest BCUT2D eigenvalue weighted by Crippen LogP contribution is -2.25. The molecule has 0 aliphatic heterocycles. The van der Waals surface area contributed by atoms with Crippen LogP contribution in [0.3, 0.4) is 0 Å². The Morgan fingerprint density at radius 2 is 2.40 bits per heavy atom. The van der Waals surface area contributed by atoms with Gasteiger partial charge in [-0.1, -0.05) is 6.92 Å². The smallest absolute Gasteiger partial charge is 0.273 e. The van der Waals surface area contributed by atoms with Gasteiger partial charge >= 0.3 is 0 Å². The van der Waals surface area contributed by atoms with Gasteiger partial charge in [0.05, 0.1) is 11.4 Å². The molecular weight excluding hydrogens is 192 g/mol. The lowest BCUT2D eigenvalue weighted by molar-refractivity contribution is 0.0949. The van der Waals surface area contributed by atoms with Gasteiger partial charge in [-0.3, -0.25) is 9.89 Å². The number of carbonyl (C=O) groups is 1. The fraction of sp³-hybridized carbons (Fsp3) is 0.600. The molecule has 1 amide bonds. The van der Waals surface area contributed by atoms with Crippen molar-refractivity contribution in [3.8, 4) is 0 Å². The second kappa shape index (κ2) is 3.92. The lowest BCUT2D eigenvalue weighted by atomic mass is 10.2. The minimum Gasteiger partial charge on any atom is -0.395 e. The number of hydrogen-bond acceptors (Lipinski definition) is 3. The van der Waals surface area contributed by atoms with Gasteiger partial charge < -0.3 is 11.1 Å². The number of nitrogen functional groups attached to an aromatic ring is 1. The fourth-order valence-corrected chi connectivity index (χ4v) is 1.54. The average molecular weight is 208 g/mol. The SMILES string of the molecule is CCCNC(=O)c1n[nH]c(C2CC2)c1N. The normalized spacial score (nSPS) is 15.3. The Hall–Kier alpha value is -1.52. The first-order chi connectivity index (χ1) is 7.24. The third-order valence-electron chi connectivity index (χ3n) is 2.57. The minimum absolute atomic E-state index is 0.183. The highest BCUT2D eigenvalue weighted by Gasteiger charge is 2.30. The molecule has 5 nitrogen and oxygen atoms in total. The monoisotopic (exact) mass is 208 g/mol. The van der Waals surface area contributed by atoms with Gasteiger partial charge in [-0.2, -0.15) is 5.10 Å². The highest BCUT2D eigenvalue weighted by molar-refractivity contribution is 5.97. The average Bonchev–Trinajstić information content (AvgIpc) is 2.99. The summed E-state index contributed by atoms with van der Waals surface area (Å²) in [5.74, 6) is 0.308. The van der Waals surface area contributed by atoms with Crippen LogP contribution in [-0.4, -0.2) is 22.6 Å². The number of rotatable bonds is 4. The van der Waals surface area contributed by atoms with Crippen molar-refractivity contribution in [2.75, 3.05) is 12.3 Å². The zero-order valence-corrected chi connectivity index (χ0v) is 8.84. The van der Waals surface area contributed by atoms with Crippen molar-refractivity contribution >= 4 is 11.6 Å². The van der Waals surface area contributed by atoms with Crippen LogP contribution >= 0.6 is 0 Å². The molecule has 0 aromatic carbocycles. The largest absolute Gasteiger partial charge is 0.395 e. The Labute approximate surface area is 88.4 Å². The second-order valence-corrected chi connectivity index (χ2v) is 3.93. The topological polar surface area (TPSA) is 83.8 Å². The van der Waals surface area contributed by atoms with Gasteiger partial charge in [0.15, 0.2) is 5.69 Å². The molecule has 2 rings (SSSR count). The van der Waals surface area contributed by atoms with E-state index in [1.807, 2.05) is 6.92 Å². The van der Waals surface area contributed by atoms with Crippen molar-refractivity contribution in [3.05, 3.63) is 11.4 Å². The molecule has 1 saturated carbocycles. The Balaban J connectivity index is 2.10.